The lowest BCUT2D eigenvalue weighted by Gasteiger charge is -2.18. The summed E-state index contributed by atoms with van der Waals surface area (Å²) in [5.41, 5.74) is 0. The van der Waals surface area contributed by atoms with Crippen LogP contribution >= 0.6 is 11.6 Å². The van der Waals surface area contributed by atoms with E-state index in [4.69, 9.17) is 16.3 Å². The monoisotopic (exact) mass is 345 g/mol. The Hall–Kier alpha value is -0.990. The van der Waals surface area contributed by atoms with Crippen molar-refractivity contribution in [3.8, 4) is 5.75 Å². The fourth-order valence-electron chi connectivity index (χ4n) is 1.47. The van der Waals surface area contributed by atoms with Crippen LogP contribution in [0.2, 0.25) is 0 Å². The fourth-order valence-corrected chi connectivity index (χ4v) is 2.74. The van der Waals surface area contributed by atoms with Gasteiger partial charge >= 0.3 is 6.18 Å². The summed E-state index contributed by atoms with van der Waals surface area (Å²) >= 11 is 5.48. The third-order valence-electron chi connectivity index (χ3n) is 2.48. The molecule has 21 heavy (non-hydrogen) atoms. The highest BCUT2D eigenvalue weighted by Crippen LogP contribution is 2.23. The number of rotatable bonds is 7. The highest BCUT2D eigenvalue weighted by molar-refractivity contribution is 7.89. The van der Waals surface area contributed by atoms with Crippen molar-refractivity contribution in [3.05, 3.63) is 24.3 Å². The van der Waals surface area contributed by atoms with Crippen molar-refractivity contribution in [2.75, 3.05) is 26.1 Å². The minimum Gasteiger partial charge on any atom is -0.494 e. The molecule has 0 fully saturated rings. The predicted octanol–water partition coefficient (Wildman–Crippen LogP) is 2.88. The molecule has 0 saturated carbocycles. The second-order valence-corrected chi connectivity index (χ2v) is 6.66. The zero-order valence-corrected chi connectivity index (χ0v) is 12.8. The summed E-state index contributed by atoms with van der Waals surface area (Å²) in [5, 5.41) is 0. The average Bonchev–Trinajstić information content (AvgIpc) is 2.37. The van der Waals surface area contributed by atoms with E-state index >= 15 is 0 Å². The molecule has 0 saturated heterocycles. The van der Waals surface area contributed by atoms with Crippen LogP contribution in [0, 0.1) is 0 Å². The van der Waals surface area contributed by atoms with Gasteiger partial charge in [0, 0.05) is 12.9 Å². The van der Waals surface area contributed by atoms with E-state index < -0.39 is 22.7 Å². The van der Waals surface area contributed by atoms with E-state index in [9.17, 15) is 21.6 Å². The number of nitrogens with zero attached hydrogens (tertiary/aromatic N) is 1. The third-order valence-corrected chi connectivity index (χ3v) is 4.57. The van der Waals surface area contributed by atoms with Crippen LogP contribution in [0.1, 0.15) is 6.42 Å². The molecular formula is C12H15ClF3NO3S. The summed E-state index contributed by atoms with van der Waals surface area (Å²) in [6.07, 6.45) is -3.96. The van der Waals surface area contributed by atoms with Crippen molar-refractivity contribution in [1.82, 2.24) is 4.31 Å². The summed E-state index contributed by atoms with van der Waals surface area (Å²) in [6, 6.07) is 5.20. The van der Waals surface area contributed by atoms with Crippen LogP contribution in [-0.2, 0) is 10.0 Å². The van der Waals surface area contributed by atoms with Crippen LogP contribution in [0.5, 0.6) is 5.75 Å². The topological polar surface area (TPSA) is 46.6 Å². The van der Waals surface area contributed by atoms with Crippen molar-refractivity contribution < 1.29 is 26.3 Å². The summed E-state index contributed by atoms with van der Waals surface area (Å²) in [4.78, 5) is -0.223. The van der Waals surface area contributed by atoms with Crippen molar-refractivity contribution >= 4 is 21.6 Å². The lowest BCUT2D eigenvalue weighted by atomic mass is 10.3. The molecule has 0 aliphatic rings. The number of sulfonamides is 1. The average molecular weight is 346 g/mol. The van der Waals surface area contributed by atoms with E-state index in [0.29, 0.717) is 24.7 Å². The molecule has 0 aliphatic heterocycles. The van der Waals surface area contributed by atoms with E-state index in [2.05, 4.69) is 0 Å². The zero-order chi connectivity index (χ0) is 16.1. The molecule has 0 bridgehead atoms. The van der Waals surface area contributed by atoms with Crippen molar-refractivity contribution in [3.63, 3.8) is 0 Å². The smallest absolute Gasteiger partial charge is 0.402 e. The molecule has 1 aromatic rings. The van der Waals surface area contributed by atoms with Gasteiger partial charge < -0.3 is 4.74 Å². The molecule has 0 amide bonds. The number of benzene rings is 1. The highest BCUT2D eigenvalue weighted by atomic mass is 35.5. The van der Waals surface area contributed by atoms with Crippen LogP contribution in [0.4, 0.5) is 13.2 Å². The summed E-state index contributed by atoms with van der Waals surface area (Å²) in [7, 11) is -3.29. The van der Waals surface area contributed by atoms with E-state index in [1.165, 1.54) is 24.3 Å². The van der Waals surface area contributed by atoms with Crippen LogP contribution in [0.3, 0.4) is 0 Å². The largest absolute Gasteiger partial charge is 0.494 e. The van der Waals surface area contributed by atoms with Gasteiger partial charge in [-0.05, 0) is 30.7 Å². The van der Waals surface area contributed by atoms with E-state index in [1.807, 2.05) is 0 Å². The van der Waals surface area contributed by atoms with Crippen LogP contribution in [0.15, 0.2) is 29.2 Å². The first-order valence-corrected chi connectivity index (χ1v) is 7.96. The molecule has 0 aliphatic carbocycles. The van der Waals surface area contributed by atoms with Gasteiger partial charge in [0.25, 0.3) is 0 Å². The SMILES string of the molecule is CN(CC(F)(F)F)S(=O)(=O)c1ccc(OCCCCl)cc1. The molecule has 0 radical (unpaired) electrons. The van der Waals surface area contributed by atoms with E-state index in [0.717, 1.165) is 7.05 Å². The van der Waals surface area contributed by atoms with Crippen LogP contribution in [0.25, 0.3) is 0 Å². The first-order valence-electron chi connectivity index (χ1n) is 5.99. The maximum Gasteiger partial charge on any atom is 0.402 e. The minimum absolute atomic E-state index is 0.223. The molecular weight excluding hydrogens is 331 g/mol. The first-order chi connectivity index (χ1) is 9.66. The van der Waals surface area contributed by atoms with Crippen LogP contribution in [-0.4, -0.2) is 45.0 Å². The van der Waals surface area contributed by atoms with Gasteiger partial charge in [-0.1, -0.05) is 0 Å². The number of halogens is 4. The molecule has 120 valence electrons. The maximum atomic E-state index is 12.3. The van der Waals surface area contributed by atoms with E-state index in [1.54, 1.807) is 0 Å². The molecule has 0 spiro atoms. The Kier molecular flexibility index (Phi) is 6.30. The standard InChI is InChI=1S/C12H15ClF3NO3S/c1-17(9-12(14,15)16)21(18,19)11-5-3-10(4-6-11)20-8-2-7-13/h3-6H,2,7-9H2,1H3. The molecule has 4 nitrogen and oxygen atoms in total. The zero-order valence-electron chi connectivity index (χ0n) is 11.2. The molecule has 1 rings (SSSR count). The summed E-state index contributed by atoms with van der Waals surface area (Å²) < 4.78 is 66.2. The minimum atomic E-state index is -4.59. The normalized spacial score (nSPS) is 12.7. The van der Waals surface area contributed by atoms with Gasteiger partial charge in [0.05, 0.1) is 11.5 Å². The van der Waals surface area contributed by atoms with Crippen molar-refractivity contribution in [1.29, 1.82) is 0 Å². The maximum absolute atomic E-state index is 12.3. The van der Waals surface area contributed by atoms with Gasteiger partial charge in [-0.2, -0.15) is 17.5 Å². The Morgan fingerprint density at radius 3 is 2.29 bits per heavy atom. The Morgan fingerprint density at radius 2 is 1.81 bits per heavy atom. The molecule has 1 aromatic carbocycles. The molecule has 0 N–H and O–H groups in total. The predicted molar refractivity (Wildman–Crippen MR) is 73.1 cm³/mol. The quantitative estimate of drug-likeness (QED) is 0.564. The second-order valence-electron chi connectivity index (χ2n) is 4.24. The molecule has 0 heterocycles. The first kappa shape index (κ1) is 18.1. The van der Waals surface area contributed by atoms with E-state index in [-0.39, 0.29) is 9.20 Å². The molecule has 0 aromatic heterocycles. The van der Waals surface area contributed by atoms with Gasteiger partial charge in [0.15, 0.2) is 0 Å². The molecule has 0 atom stereocenters. The molecule has 9 heteroatoms. The van der Waals surface area contributed by atoms with Crippen molar-refractivity contribution in [2.45, 2.75) is 17.5 Å². The lowest BCUT2D eigenvalue weighted by Crippen LogP contribution is -2.35. The number of hydrogen-bond donors (Lipinski definition) is 0. The lowest BCUT2D eigenvalue weighted by molar-refractivity contribution is -0.134. The Balaban J connectivity index is 2.80. The fraction of sp³-hybridized carbons (Fsp3) is 0.500. The Labute approximate surface area is 126 Å². The van der Waals surface area contributed by atoms with Gasteiger partial charge in [0.1, 0.15) is 12.3 Å². The third kappa shape index (κ3) is 5.72. The highest BCUT2D eigenvalue weighted by Gasteiger charge is 2.34. The Bertz CT molecular complexity index is 546. The second kappa shape index (κ2) is 7.33. The van der Waals surface area contributed by atoms with Crippen LogP contribution < -0.4 is 4.74 Å². The van der Waals surface area contributed by atoms with Gasteiger partial charge in [-0.15, -0.1) is 11.6 Å². The van der Waals surface area contributed by atoms with Crippen molar-refractivity contribution in [2.24, 2.45) is 0 Å². The van der Waals surface area contributed by atoms with Gasteiger partial charge in [0.2, 0.25) is 10.0 Å². The van der Waals surface area contributed by atoms with Gasteiger partial charge in [-0.25, -0.2) is 8.42 Å². The summed E-state index contributed by atoms with van der Waals surface area (Å²) in [6.45, 7) is -1.16. The summed E-state index contributed by atoms with van der Waals surface area (Å²) in [5.74, 6) is 0.867. The number of hydrogen-bond acceptors (Lipinski definition) is 3. The van der Waals surface area contributed by atoms with Gasteiger partial charge in [-0.3, -0.25) is 0 Å². The Morgan fingerprint density at radius 1 is 1.24 bits per heavy atom. The number of alkyl halides is 4. The molecule has 0 unspecified atom stereocenters. The number of ether oxygens (including phenoxy) is 1.